The van der Waals surface area contributed by atoms with Gasteiger partial charge in [0, 0.05) is 6.92 Å². The first-order valence-electron chi connectivity index (χ1n) is 12.0. The number of hydrogen-bond donors (Lipinski definition) is 0. The first-order chi connectivity index (χ1) is 17.8. The van der Waals surface area contributed by atoms with Crippen molar-refractivity contribution in [2.24, 2.45) is 0 Å². The molecule has 0 amide bonds. The minimum atomic E-state index is -5.20. The van der Waals surface area contributed by atoms with Crippen molar-refractivity contribution in [3.05, 3.63) is 100 Å². The van der Waals surface area contributed by atoms with Crippen LogP contribution in [0.5, 0.6) is 5.75 Å². The predicted octanol–water partition coefficient (Wildman–Crippen LogP) is 9.26. The Morgan fingerprint density at radius 2 is 1.47 bits per heavy atom. The molecule has 0 aromatic heterocycles. The third-order valence-electron chi connectivity index (χ3n) is 6.61. The van der Waals surface area contributed by atoms with Gasteiger partial charge in [0.1, 0.15) is 11.6 Å². The van der Waals surface area contributed by atoms with Crippen LogP contribution in [-0.2, 0) is 30.5 Å². The molecule has 0 aliphatic heterocycles. The van der Waals surface area contributed by atoms with Crippen molar-refractivity contribution in [2.75, 3.05) is 0 Å². The van der Waals surface area contributed by atoms with Crippen LogP contribution >= 0.6 is 0 Å². The molecule has 38 heavy (non-hydrogen) atoms. The molecule has 202 valence electrons. The molecule has 1 atom stereocenters. The van der Waals surface area contributed by atoms with Crippen molar-refractivity contribution in [2.45, 2.75) is 57.2 Å². The number of aryl methyl sites for hydroxylation is 2. The Morgan fingerprint density at radius 1 is 0.868 bits per heavy atom. The Labute approximate surface area is 214 Å². The zero-order valence-corrected chi connectivity index (χ0v) is 20.6. The summed E-state index contributed by atoms with van der Waals surface area (Å²) in [6.07, 6.45) is 2.99. The van der Waals surface area contributed by atoms with E-state index in [-0.39, 0.29) is 12.0 Å². The lowest BCUT2D eigenvalue weighted by Crippen LogP contribution is -2.41. The Balaban J connectivity index is 1.80. The molecule has 3 aromatic carbocycles. The minimum absolute atomic E-state index is 0.0373. The quantitative estimate of drug-likeness (QED) is 0.204. The second-order valence-electron chi connectivity index (χ2n) is 9.32. The summed E-state index contributed by atoms with van der Waals surface area (Å²) >= 11 is 0. The summed E-state index contributed by atoms with van der Waals surface area (Å²) in [4.78, 5) is 0. The van der Waals surface area contributed by atoms with Gasteiger partial charge in [0.2, 0.25) is 0 Å². The maximum atomic E-state index is 15.5. The zero-order valence-electron chi connectivity index (χ0n) is 20.6. The molecule has 0 fully saturated rings. The van der Waals surface area contributed by atoms with Crippen molar-refractivity contribution >= 4 is 0 Å². The fourth-order valence-electron chi connectivity index (χ4n) is 4.70. The van der Waals surface area contributed by atoms with E-state index in [0.717, 1.165) is 37.3 Å². The van der Waals surface area contributed by atoms with Gasteiger partial charge < -0.3 is 4.74 Å². The molecule has 0 spiro atoms. The van der Waals surface area contributed by atoms with E-state index in [0.29, 0.717) is 24.8 Å². The second-order valence-corrected chi connectivity index (χ2v) is 9.32. The van der Waals surface area contributed by atoms with Crippen LogP contribution in [0.3, 0.4) is 0 Å². The molecule has 9 heteroatoms. The van der Waals surface area contributed by atoms with E-state index in [1.54, 1.807) is 13.0 Å². The summed E-state index contributed by atoms with van der Waals surface area (Å²) in [5, 5.41) is 0. The van der Waals surface area contributed by atoms with E-state index in [1.165, 1.54) is 12.1 Å². The molecule has 1 aliphatic rings. The highest BCUT2D eigenvalue weighted by Gasteiger charge is 2.65. The highest BCUT2D eigenvalue weighted by molar-refractivity contribution is 5.77. The first-order valence-corrected chi connectivity index (χ1v) is 12.0. The van der Waals surface area contributed by atoms with Gasteiger partial charge in [-0.25, -0.2) is 13.2 Å². The molecule has 1 aliphatic carbocycles. The number of ether oxygens (including phenoxy) is 1. The Kier molecular flexibility index (Phi) is 7.10. The van der Waals surface area contributed by atoms with Crippen LogP contribution in [-0.4, -0.2) is 0 Å². The van der Waals surface area contributed by atoms with Crippen molar-refractivity contribution in [1.82, 2.24) is 0 Å². The van der Waals surface area contributed by atoms with E-state index < -0.39 is 68.7 Å². The van der Waals surface area contributed by atoms with Crippen molar-refractivity contribution < 1.29 is 39.9 Å². The van der Waals surface area contributed by atoms with E-state index in [9.17, 15) is 8.78 Å². The molecular formula is C29H24F8O. The predicted molar refractivity (Wildman–Crippen MR) is 128 cm³/mol. The molecule has 0 N–H and O–H groups in total. The normalized spacial score (nSPS) is 16.8. The Hall–Kier alpha value is -3.36. The lowest BCUT2D eigenvalue weighted by Gasteiger charge is -2.36. The molecule has 0 saturated carbocycles. The Morgan fingerprint density at radius 3 is 2.05 bits per heavy atom. The third kappa shape index (κ3) is 4.35. The van der Waals surface area contributed by atoms with Gasteiger partial charge in [-0.3, -0.25) is 0 Å². The monoisotopic (exact) mass is 540 g/mol. The highest BCUT2D eigenvalue weighted by atomic mass is 19.3. The van der Waals surface area contributed by atoms with Crippen LogP contribution in [0.4, 0.5) is 35.1 Å². The maximum Gasteiger partial charge on any atom is 0.343 e. The fraction of sp³-hybridized carbons (Fsp3) is 0.310. The third-order valence-corrected chi connectivity index (χ3v) is 6.61. The molecule has 1 nitrogen and oxygen atoms in total. The number of hydrogen-bond acceptors (Lipinski definition) is 1. The summed E-state index contributed by atoms with van der Waals surface area (Å²) in [5.41, 5.74) is -4.86. The lowest BCUT2D eigenvalue weighted by atomic mass is 9.78. The molecule has 0 bridgehead atoms. The molecule has 4 rings (SSSR count). The van der Waals surface area contributed by atoms with Crippen molar-refractivity contribution in [3.63, 3.8) is 0 Å². The van der Waals surface area contributed by atoms with E-state index in [2.05, 4.69) is 6.58 Å². The van der Waals surface area contributed by atoms with Crippen molar-refractivity contribution in [1.29, 1.82) is 0 Å². The second kappa shape index (κ2) is 9.75. The topological polar surface area (TPSA) is 9.23 Å². The summed E-state index contributed by atoms with van der Waals surface area (Å²) < 4.78 is 126. The SMILES string of the molecule is C=CCCc1ccc(C(C)(F)Oc2ccc3c(c2F)C(F)(F)C(F)(F)c2c-3ccc(CCC)c2F)c(F)c1. The van der Waals surface area contributed by atoms with Crippen LogP contribution in [0.1, 0.15) is 54.5 Å². The molecule has 0 saturated heterocycles. The summed E-state index contributed by atoms with van der Waals surface area (Å²) in [5.74, 6) is -19.0. The number of benzene rings is 3. The van der Waals surface area contributed by atoms with Crippen LogP contribution < -0.4 is 4.74 Å². The number of allylic oxidation sites excluding steroid dienone is 1. The number of fused-ring (bicyclic) bond motifs is 3. The van der Waals surface area contributed by atoms with Gasteiger partial charge in [-0.15, -0.1) is 6.58 Å². The number of halogens is 8. The molecule has 3 aromatic rings. The average molecular weight is 540 g/mol. The molecule has 0 heterocycles. The molecule has 0 radical (unpaired) electrons. The van der Waals surface area contributed by atoms with E-state index in [1.807, 2.05) is 0 Å². The van der Waals surface area contributed by atoms with Gasteiger partial charge in [-0.1, -0.05) is 37.6 Å². The van der Waals surface area contributed by atoms with Gasteiger partial charge in [0.15, 0.2) is 11.6 Å². The Bertz CT molecular complexity index is 1390. The summed E-state index contributed by atoms with van der Waals surface area (Å²) in [6, 6.07) is 7.36. The number of rotatable bonds is 8. The summed E-state index contributed by atoms with van der Waals surface area (Å²) in [6.45, 7) is 5.96. The summed E-state index contributed by atoms with van der Waals surface area (Å²) in [7, 11) is 0. The molecule has 1 unspecified atom stereocenters. The zero-order chi connectivity index (χ0) is 28.0. The van der Waals surface area contributed by atoms with Crippen LogP contribution in [0, 0.1) is 17.5 Å². The molecular weight excluding hydrogens is 516 g/mol. The van der Waals surface area contributed by atoms with E-state index >= 15 is 26.3 Å². The van der Waals surface area contributed by atoms with Crippen LogP contribution in [0.25, 0.3) is 11.1 Å². The van der Waals surface area contributed by atoms with Gasteiger partial charge in [-0.2, -0.15) is 22.0 Å². The van der Waals surface area contributed by atoms with Crippen LogP contribution in [0.2, 0.25) is 0 Å². The van der Waals surface area contributed by atoms with E-state index in [4.69, 9.17) is 4.74 Å². The first kappa shape index (κ1) is 27.7. The number of alkyl halides is 5. The van der Waals surface area contributed by atoms with Crippen LogP contribution in [0.15, 0.2) is 55.1 Å². The average Bonchev–Trinajstić information content (AvgIpc) is 2.83. The van der Waals surface area contributed by atoms with Gasteiger partial charge in [-0.05, 0) is 65.8 Å². The van der Waals surface area contributed by atoms with Gasteiger partial charge in [0.25, 0.3) is 5.85 Å². The lowest BCUT2D eigenvalue weighted by molar-refractivity contribution is -0.228. The smallest absolute Gasteiger partial charge is 0.343 e. The standard InChI is InChI=1S/C29H24F8O/c1-4-6-8-16-9-13-20(21(30)15-16)27(3,33)38-22-14-12-19-18-11-10-17(7-5-2)25(31)23(18)28(34,35)29(36,37)24(19)26(22)32/h4,9-15H,1,5-8H2,2-3H3. The minimum Gasteiger partial charge on any atom is -0.451 e. The highest BCUT2D eigenvalue weighted by Crippen LogP contribution is 2.60. The fourth-order valence-corrected chi connectivity index (χ4v) is 4.70. The largest absolute Gasteiger partial charge is 0.451 e. The van der Waals surface area contributed by atoms with Gasteiger partial charge in [0.05, 0.1) is 16.7 Å². The van der Waals surface area contributed by atoms with Gasteiger partial charge >= 0.3 is 11.8 Å². The van der Waals surface area contributed by atoms with Crippen molar-refractivity contribution in [3.8, 4) is 16.9 Å². The maximum absolute atomic E-state index is 15.5.